The molecule has 0 aliphatic carbocycles. The smallest absolute Gasteiger partial charge is 0.254 e. The van der Waals surface area contributed by atoms with Gasteiger partial charge < -0.3 is 24.4 Å². The zero-order chi connectivity index (χ0) is 23.1. The largest absolute Gasteiger partial charge is 0.497 e. The Morgan fingerprint density at radius 2 is 1.75 bits per heavy atom. The van der Waals surface area contributed by atoms with Crippen LogP contribution in [0.1, 0.15) is 41.6 Å². The quantitative estimate of drug-likeness (QED) is 0.604. The molecule has 1 aliphatic rings. The molecule has 172 valence electrons. The third kappa shape index (κ3) is 5.15. The molecular weight excluding hydrogens is 408 g/mol. The number of hydrogen-bond acceptors (Lipinski definition) is 5. The number of carbonyl (C=O) groups is 2. The van der Waals surface area contributed by atoms with Crippen molar-refractivity contribution < 1.29 is 23.8 Å². The minimum atomic E-state index is -0.372. The number of carbonyl (C=O) groups excluding carboxylic acids is 2. The van der Waals surface area contributed by atoms with Crippen molar-refractivity contribution in [1.29, 1.82) is 0 Å². The molecule has 1 N–H and O–H groups in total. The highest BCUT2D eigenvalue weighted by molar-refractivity contribution is 5.95. The first-order chi connectivity index (χ1) is 15.5. The lowest BCUT2D eigenvalue weighted by atomic mass is 9.87. The molecule has 0 bridgehead atoms. The fourth-order valence-electron chi connectivity index (χ4n) is 4.13. The maximum Gasteiger partial charge on any atom is 0.254 e. The van der Waals surface area contributed by atoms with E-state index in [0.29, 0.717) is 42.4 Å². The highest BCUT2D eigenvalue weighted by atomic mass is 16.5. The van der Waals surface area contributed by atoms with Crippen LogP contribution in [-0.4, -0.2) is 57.7 Å². The van der Waals surface area contributed by atoms with Crippen molar-refractivity contribution in [1.82, 2.24) is 10.2 Å². The van der Waals surface area contributed by atoms with E-state index in [-0.39, 0.29) is 23.7 Å². The number of benzene rings is 2. The Morgan fingerprint density at radius 3 is 2.44 bits per heavy atom. The van der Waals surface area contributed by atoms with Crippen LogP contribution in [0, 0.1) is 5.92 Å². The summed E-state index contributed by atoms with van der Waals surface area (Å²) in [7, 11) is 4.77. The van der Waals surface area contributed by atoms with E-state index in [1.165, 1.54) is 0 Å². The lowest BCUT2D eigenvalue weighted by Crippen LogP contribution is -2.36. The minimum Gasteiger partial charge on any atom is -0.497 e. The van der Waals surface area contributed by atoms with Crippen molar-refractivity contribution in [2.75, 3.05) is 41.0 Å². The molecule has 2 amide bonds. The van der Waals surface area contributed by atoms with Crippen molar-refractivity contribution in [3.63, 3.8) is 0 Å². The summed E-state index contributed by atoms with van der Waals surface area (Å²) in [6.07, 6.45) is 1.92. The molecule has 2 atom stereocenters. The first-order valence-electron chi connectivity index (χ1n) is 10.9. The van der Waals surface area contributed by atoms with Gasteiger partial charge in [-0.1, -0.05) is 25.5 Å². The number of amides is 2. The van der Waals surface area contributed by atoms with Crippen molar-refractivity contribution in [2.45, 2.75) is 25.7 Å². The van der Waals surface area contributed by atoms with Crippen LogP contribution in [0.15, 0.2) is 42.5 Å². The SMILES string of the molecule is CCCCNC(=O)[C@@H]1CN(C(=O)c2cccc(OC)c2)C[C@H]1c1ccc(OC)cc1OC. The van der Waals surface area contributed by atoms with E-state index in [2.05, 4.69) is 12.2 Å². The summed E-state index contributed by atoms with van der Waals surface area (Å²) in [6, 6.07) is 12.7. The summed E-state index contributed by atoms with van der Waals surface area (Å²) < 4.78 is 16.2. The second-order valence-electron chi connectivity index (χ2n) is 7.91. The van der Waals surface area contributed by atoms with Crippen molar-refractivity contribution in [3.8, 4) is 17.2 Å². The summed E-state index contributed by atoms with van der Waals surface area (Å²) >= 11 is 0. The Balaban J connectivity index is 1.90. The average Bonchev–Trinajstić information content (AvgIpc) is 3.28. The van der Waals surface area contributed by atoms with Crippen LogP contribution in [0.3, 0.4) is 0 Å². The molecule has 2 aromatic rings. The van der Waals surface area contributed by atoms with Gasteiger partial charge in [0.25, 0.3) is 5.91 Å². The van der Waals surface area contributed by atoms with Crippen LogP contribution < -0.4 is 19.5 Å². The Hall–Kier alpha value is -3.22. The number of ether oxygens (including phenoxy) is 3. The van der Waals surface area contributed by atoms with Crippen LogP contribution in [0.25, 0.3) is 0 Å². The van der Waals surface area contributed by atoms with E-state index >= 15 is 0 Å². The predicted octanol–water partition coefficient (Wildman–Crippen LogP) is 3.48. The molecule has 32 heavy (non-hydrogen) atoms. The lowest BCUT2D eigenvalue weighted by molar-refractivity contribution is -0.124. The third-order valence-electron chi connectivity index (χ3n) is 5.93. The number of hydrogen-bond donors (Lipinski definition) is 1. The Kier molecular flexibility index (Phi) is 7.98. The summed E-state index contributed by atoms with van der Waals surface area (Å²) in [5.74, 6) is 1.23. The van der Waals surface area contributed by atoms with Crippen molar-refractivity contribution in [2.24, 2.45) is 5.92 Å². The van der Waals surface area contributed by atoms with Gasteiger partial charge in [0.2, 0.25) is 5.91 Å². The first kappa shape index (κ1) is 23.4. The van der Waals surface area contributed by atoms with Gasteiger partial charge in [-0.25, -0.2) is 0 Å². The van der Waals surface area contributed by atoms with E-state index in [1.54, 1.807) is 50.5 Å². The molecule has 0 unspecified atom stereocenters. The molecule has 0 radical (unpaired) electrons. The molecule has 1 heterocycles. The Labute approximate surface area is 189 Å². The molecule has 0 aromatic heterocycles. The molecule has 3 rings (SSSR count). The molecular formula is C25H32N2O5. The van der Waals surface area contributed by atoms with Crippen LogP contribution in [0.2, 0.25) is 0 Å². The molecule has 7 nitrogen and oxygen atoms in total. The van der Waals surface area contributed by atoms with Gasteiger partial charge in [0.05, 0.1) is 27.2 Å². The molecule has 1 fully saturated rings. The topological polar surface area (TPSA) is 77.1 Å². The second kappa shape index (κ2) is 10.9. The standard InChI is InChI=1S/C25H32N2O5/c1-5-6-12-26-24(28)22-16-27(25(29)17-8-7-9-18(13-17)30-2)15-21(22)20-11-10-19(31-3)14-23(20)32-4/h7-11,13-14,21-22H,5-6,12,15-16H2,1-4H3,(H,26,28)/t21-,22+/m0/s1. The van der Waals surface area contributed by atoms with Crippen molar-refractivity contribution in [3.05, 3.63) is 53.6 Å². The molecule has 0 spiro atoms. The number of methoxy groups -OCH3 is 3. The van der Waals surface area contributed by atoms with Gasteiger partial charge in [0.15, 0.2) is 0 Å². The van der Waals surface area contributed by atoms with E-state index < -0.39 is 0 Å². The van der Waals surface area contributed by atoms with Crippen LogP contribution in [0.4, 0.5) is 0 Å². The fourth-order valence-corrected chi connectivity index (χ4v) is 4.13. The summed E-state index contributed by atoms with van der Waals surface area (Å²) in [6.45, 7) is 3.47. The number of rotatable bonds is 9. The molecule has 0 saturated carbocycles. The van der Waals surface area contributed by atoms with Crippen LogP contribution >= 0.6 is 0 Å². The van der Waals surface area contributed by atoms with E-state index in [9.17, 15) is 9.59 Å². The molecule has 1 saturated heterocycles. The Bertz CT molecular complexity index is 946. The van der Waals surface area contributed by atoms with Crippen LogP contribution in [-0.2, 0) is 4.79 Å². The zero-order valence-electron chi connectivity index (χ0n) is 19.2. The normalized spacial score (nSPS) is 17.7. The molecule has 2 aromatic carbocycles. The monoisotopic (exact) mass is 440 g/mol. The van der Waals surface area contributed by atoms with Crippen LogP contribution in [0.5, 0.6) is 17.2 Å². The minimum absolute atomic E-state index is 0.0396. The lowest BCUT2D eigenvalue weighted by Gasteiger charge is -2.21. The van der Waals surface area contributed by atoms with E-state index in [0.717, 1.165) is 18.4 Å². The van der Waals surface area contributed by atoms with Gasteiger partial charge in [-0.3, -0.25) is 9.59 Å². The predicted molar refractivity (Wildman–Crippen MR) is 123 cm³/mol. The average molecular weight is 441 g/mol. The number of unbranched alkanes of at least 4 members (excludes halogenated alkanes) is 1. The highest BCUT2D eigenvalue weighted by Gasteiger charge is 2.41. The number of nitrogens with zero attached hydrogens (tertiary/aromatic N) is 1. The maximum atomic E-state index is 13.3. The van der Waals surface area contributed by atoms with Gasteiger partial charge in [0.1, 0.15) is 17.2 Å². The fraction of sp³-hybridized carbons (Fsp3) is 0.440. The van der Waals surface area contributed by atoms with E-state index in [4.69, 9.17) is 14.2 Å². The van der Waals surface area contributed by atoms with Gasteiger partial charge >= 0.3 is 0 Å². The van der Waals surface area contributed by atoms with Crippen molar-refractivity contribution >= 4 is 11.8 Å². The summed E-state index contributed by atoms with van der Waals surface area (Å²) in [4.78, 5) is 28.1. The summed E-state index contributed by atoms with van der Waals surface area (Å²) in [5, 5.41) is 3.04. The summed E-state index contributed by atoms with van der Waals surface area (Å²) in [5.41, 5.74) is 1.43. The first-order valence-corrected chi connectivity index (χ1v) is 10.9. The number of nitrogens with one attached hydrogen (secondary N) is 1. The van der Waals surface area contributed by atoms with Gasteiger partial charge in [0, 0.05) is 42.7 Å². The van der Waals surface area contributed by atoms with E-state index in [1.807, 2.05) is 18.2 Å². The Morgan fingerprint density at radius 1 is 1.00 bits per heavy atom. The van der Waals surface area contributed by atoms with Gasteiger partial charge in [-0.2, -0.15) is 0 Å². The number of likely N-dealkylation sites (tertiary alicyclic amines) is 1. The molecule has 1 aliphatic heterocycles. The zero-order valence-corrected chi connectivity index (χ0v) is 19.2. The highest BCUT2D eigenvalue weighted by Crippen LogP contribution is 2.39. The molecule has 7 heteroatoms. The second-order valence-corrected chi connectivity index (χ2v) is 7.91. The van der Waals surface area contributed by atoms with Gasteiger partial charge in [-0.15, -0.1) is 0 Å². The maximum absolute atomic E-state index is 13.3. The third-order valence-corrected chi connectivity index (χ3v) is 5.93. The van der Waals surface area contributed by atoms with Gasteiger partial charge in [-0.05, 0) is 30.7 Å².